The van der Waals surface area contributed by atoms with E-state index in [-0.39, 0.29) is 12.3 Å². The van der Waals surface area contributed by atoms with Crippen molar-refractivity contribution in [2.45, 2.75) is 33.7 Å². The molecule has 5 nitrogen and oxygen atoms in total. The van der Waals surface area contributed by atoms with Crippen molar-refractivity contribution in [3.8, 4) is 5.75 Å². The first-order chi connectivity index (χ1) is 14.4. The number of benzene rings is 2. The lowest BCUT2D eigenvalue weighted by Crippen LogP contribution is -2.31. The predicted molar refractivity (Wildman–Crippen MR) is 120 cm³/mol. The van der Waals surface area contributed by atoms with Gasteiger partial charge in [-0.1, -0.05) is 29.5 Å². The number of furan rings is 1. The summed E-state index contributed by atoms with van der Waals surface area (Å²) in [6.45, 7) is 6.46. The minimum absolute atomic E-state index is 0.0237. The number of thiazole rings is 1. The summed E-state index contributed by atoms with van der Waals surface area (Å²) in [6.07, 6.45) is 1.90. The summed E-state index contributed by atoms with van der Waals surface area (Å²) >= 11 is 1.54. The number of rotatable bonds is 6. The van der Waals surface area contributed by atoms with Crippen molar-refractivity contribution >= 4 is 32.6 Å². The Morgan fingerprint density at radius 1 is 1.13 bits per heavy atom. The van der Waals surface area contributed by atoms with Crippen LogP contribution in [0, 0.1) is 20.8 Å². The van der Waals surface area contributed by atoms with Crippen LogP contribution >= 0.6 is 11.3 Å². The number of aromatic nitrogens is 1. The lowest BCUT2D eigenvalue weighted by Gasteiger charge is -2.19. The third-order valence-corrected chi connectivity index (χ3v) is 6.28. The van der Waals surface area contributed by atoms with Crippen molar-refractivity contribution < 1.29 is 13.9 Å². The molecule has 2 aromatic heterocycles. The van der Waals surface area contributed by atoms with Gasteiger partial charge in [0.15, 0.2) is 5.13 Å². The van der Waals surface area contributed by atoms with E-state index in [4.69, 9.17) is 14.1 Å². The lowest BCUT2D eigenvalue weighted by atomic mass is 10.1. The summed E-state index contributed by atoms with van der Waals surface area (Å²) in [4.78, 5) is 19.9. The van der Waals surface area contributed by atoms with Crippen molar-refractivity contribution in [3.63, 3.8) is 0 Å². The second kappa shape index (κ2) is 8.32. The van der Waals surface area contributed by atoms with Gasteiger partial charge in [0, 0.05) is 0 Å². The minimum Gasteiger partial charge on any atom is -0.496 e. The summed E-state index contributed by atoms with van der Waals surface area (Å²) in [5, 5.41) is 0.685. The van der Waals surface area contributed by atoms with E-state index in [0.717, 1.165) is 38.4 Å². The molecule has 30 heavy (non-hydrogen) atoms. The predicted octanol–water partition coefficient (Wildman–Crippen LogP) is 5.60. The number of ether oxygens (including phenoxy) is 1. The molecule has 0 unspecified atom stereocenters. The highest BCUT2D eigenvalue weighted by atomic mass is 32.1. The molecule has 154 valence electrons. The third kappa shape index (κ3) is 4.09. The van der Waals surface area contributed by atoms with Crippen LogP contribution in [0.5, 0.6) is 5.75 Å². The van der Waals surface area contributed by atoms with E-state index in [2.05, 4.69) is 26.0 Å². The van der Waals surface area contributed by atoms with Crippen molar-refractivity contribution in [3.05, 3.63) is 76.7 Å². The Balaban J connectivity index is 1.68. The highest BCUT2D eigenvalue weighted by Gasteiger charge is 2.22. The summed E-state index contributed by atoms with van der Waals surface area (Å²) < 4.78 is 12.0. The van der Waals surface area contributed by atoms with Crippen LogP contribution < -0.4 is 9.64 Å². The number of anilines is 1. The maximum Gasteiger partial charge on any atom is 0.233 e. The number of hydrogen-bond donors (Lipinski definition) is 0. The number of nitrogens with zero attached hydrogens (tertiary/aromatic N) is 2. The van der Waals surface area contributed by atoms with Gasteiger partial charge < -0.3 is 9.15 Å². The molecule has 4 rings (SSSR count). The Hall–Kier alpha value is -3.12. The molecule has 0 atom stereocenters. The highest BCUT2D eigenvalue weighted by molar-refractivity contribution is 7.22. The monoisotopic (exact) mass is 420 g/mol. The summed E-state index contributed by atoms with van der Waals surface area (Å²) in [6, 6.07) is 13.7. The Morgan fingerprint density at radius 2 is 1.97 bits per heavy atom. The smallest absolute Gasteiger partial charge is 0.233 e. The molecule has 2 heterocycles. The zero-order chi connectivity index (χ0) is 21.3. The van der Waals surface area contributed by atoms with Gasteiger partial charge in [-0.3, -0.25) is 9.69 Å². The Labute approximate surface area is 179 Å². The van der Waals surface area contributed by atoms with Crippen molar-refractivity contribution in [2.75, 3.05) is 12.0 Å². The number of fused-ring (bicyclic) bond motifs is 1. The van der Waals surface area contributed by atoms with Crippen LogP contribution in [-0.2, 0) is 17.8 Å². The Bertz CT molecular complexity index is 1190. The van der Waals surface area contributed by atoms with Crippen LogP contribution in [-0.4, -0.2) is 18.0 Å². The molecule has 2 aromatic carbocycles. The van der Waals surface area contributed by atoms with Gasteiger partial charge >= 0.3 is 0 Å². The molecular weight excluding hydrogens is 396 g/mol. The van der Waals surface area contributed by atoms with Crippen LogP contribution in [0.15, 0.2) is 53.1 Å². The Morgan fingerprint density at radius 3 is 2.67 bits per heavy atom. The van der Waals surface area contributed by atoms with Gasteiger partial charge in [0.25, 0.3) is 0 Å². The number of aryl methyl sites for hydroxylation is 3. The topological polar surface area (TPSA) is 55.6 Å². The molecule has 0 aliphatic rings. The number of methoxy groups -OCH3 is 1. The van der Waals surface area contributed by atoms with Crippen LogP contribution in [0.25, 0.3) is 10.2 Å². The standard InChI is InChI=1S/C24H24N2O3S/c1-15-10-17(3)23-20(11-15)25-24(30-23)26(14-19-6-5-9-29-19)22(27)13-18-7-8-21(28-4)16(2)12-18/h5-12H,13-14H2,1-4H3. The summed E-state index contributed by atoms with van der Waals surface area (Å²) in [7, 11) is 1.65. The maximum atomic E-state index is 13.4. The second-order valence-electron chi connectivity index (χ2n) is 7.47. The zero-order valence-electron chi connectivity index (χ0n) is 17.6. The van der Waals surface area contributed by atoms with Gasteiger partial charge in [0.2, 0.25) is 5.91 Å². The average molecular weight is 421 g/mol. The van der Waals surface area contributed by atoms with Crippen molar-refractivity contribution in [1.29, 1.82) is 0 Å². The van der Waals surface area contributed by atoms with E-state index in [0.29, 0.717) is 11.7 Å². The molecule has 0 aliphatic carbocycles. The third-order valence-electron chi connectivity index (χ3n) is 5.05. The Kier molecular flexibility index (Phi) is 5.59. The van der Waals surface area contributed by atoms with Crippen molar-refractivity contribution in [2.24, 2.45) is 0 Å². The minimum atomic E-state index is -0.0237. The quantitative estimate of drug-likeness (QED) is 0.407. The van der Waals surface area contributed by atoms with Crippen LogP contribution in [0.1, 0.15) is 28.0 Å². The molecule has 0 bridgehead atoms. The molecule has 0 saturated carbocycles. The fraction of sp³-hybridized carbons (Fsp3) is 0.250. The van der Waals surface area contributed by atoms with E-state index in [1.54, 1.807) is 29.6 Å². The average Bonchev–Trinajstić information content (AvgIpc) is 3.35. The zero-order valence-corrected chi connectivity index (χ0v) is 18.4. The van der Waals surface area contributed by atoms with Gasteiger partial charge in [-0.05, 0) is 67.3 Å². The van der Waals surface area contributed by atoms with E-state index in [1.165, 1.54) is 5.56 Å². The largest absolute Gasteiger partial charge is 0.496 e. The van der Waals surface area contributed by atoms with Gasteiger partial charge in [0.1, 0.15) is 11.5 Å². The molecule has 0 saturated heterocycles. The first-order valence-electron chi connectivity index (χ1n) is 9.78. The van der Waals surface area contributed by atoms with E-state index in [9.17, 15) is 4.79 Å². The number of hydrogen-bond acceptors (Lipinski definition) is 5. The van der Waals surface area contributed by atoms with Gasteiger partial charge in [0.05, 0.1) is 36.6 Å². The first-order valence-corrected chi connectivity index (χ1v) is 10.6. The molecule has 0 N–H and O–H groups in total. The van der Waals surface area contributed by atoms with Gasteiger partial charge in [-0.15, -0.1) is 0 Å². The molecular formula is C24H24N2O3S. The lowest BCUT2D eigenvalue weighted by molar-refractivity contribution is -0.118. The molecule has 0 radical (unpaired) electrons. The van der Waals surface area contributed by atoms with Gasteiger partial charge in [-0.25, -0.2) is 4.98 Å². The highest BCUT2D eigenvalue weighted by Crippen LogP contribution is 2.33. The first kappa shape index (κ1) is 20.2. The molecule has 1 amide bonds. The molecule has 0 aliphatic heterocycles. The van der Waals surface area contributed by atoms with E-state index in [1.807, 2.05) is 37.3 Å². The fourth-order valence-corrected chi connectivity index (χ4v) is 4.65. The van der Waals surface area contributed by atoms with Crippen molar-refractivity contribution in [1.82, 2.24) is 4.98 Å². The number of carbonyl (C=O) groups excluding carboxylic acids is 1. The number of amides is 1. The number of carbonyl (C=O) groups is 1. The summed E-state index contributed by atoms with van der Waals surface area (Å²) in [5.41, 5.74) is 5.20. The molecule has 4 aromatic rings. The molecule has 0 fully saturated rings. The van der Waals surface area contributed by atoms with E-state index >= 15 is 0 Å². The maximum absolute atomic E-state index is 13.4. The normalized spacial score (nSPS) is 11.1. The molecule has 6 heteroatoms. The van der Waals surface area contributed by atoms with Crippen LogP contribution in [0.4, 0.5) is 5.13 Å². The van der Waals surface area contributed by atoms with Crippen LogP contribution in [0.2, 0.25) is 0 Å². The van der Waals surface area contributed by atoms with Crippen LogP contribution in [0.3, 0.4) is 0 Å². The molecule has 0 spiro atoms. The second-order valence-corrected chi connectivity index (χ2v) is 8.44. The SMILES string of the molecule is COc1ccc(CC(=O)N(Cc2ccco2)c2nc3cc(C)cc(C)c3s2)cc1C. The fourth-order valence-electron chi connectivity index (χ4n) is 3.62. The van der Waals surface area contributed by atoms with Gasteiger partial charge in [-0.2, -0.15) is 0 Å². The van der Waals surface area contributed by atoms with E-state index < -0.39 is 0 Å². The summed E-state index contributed by atoms with van der Waals surface area (Å²) in [5.74, 6) is 1.52.